The highest BCUT2D eigenvalue weighted by molar-refractivity contribution is 6.02. The minimum Gasteiger partial charge on any atom is -0.338 e. The Kier molecular flexibility index (Phi) is 4.52. The molecule has 2 aromatic carbocycles. The van der Waals surface area contributed by atoms with Crippen LogP contribution in [0.4, 0.5) is 17.2 Å². The second kappa shape index (κ2) is 6.91. The first-order valence-corrected chi connectivity index (χ1v) is 7.67. The van der Waals surface area contributed by atoms with E-state index in [-0.39, 0.29) is 11.6 Å². The van der Waals surface area contributed by atoms with Gasteiger partial charge < -0.3 is 10.6 Å². The molecule has 0 unspecified atom stereocenters. The van der Waals surface area contributed by atoms with Crippen molar-refractivity contribution in [1.82, 2.24) is 10.2 Å². The number of hydrogen-bond acceptors (Lipinski definition) is 4. The number of carbonyl (C=O) groups excluding carboxylic acids is 1. The predicted octanol–water partition coefficient (Wildman–Crippen LogP) is 4.09. The van der Waals surface area contributed by atoms with Gasteiger partial charge in [-0.1, -0.05) is 36.4 Å². The smallest absolute Gasteiger partial charge is 0.276 e. The Labute approximate surface area is 140 Å². The van der Waals surface area contributed by atoms with Crippen LogP contribution in [0, 0.1) is 13.8 Å². The average Bonchev–Trinajstić information content (AvgIpc) is 2.60. The van der Waals surface area contributed by atoms with E-state index in [1.54, 1.807) is 12.1 Å². The first kappa shape index (κ1) is 15.7. The highest BCUT2D eigenvalue weighted by Gasteiger charge is 2.09. The lowest BCUT2D eigenvalue weighted by Gasteiger charge is -2.11. The minimum absolute atomic E-state index is 0.269. The molecule has 24 heavy (non-hydrogen) atoms. The van der Waals surface area contributed by atoms with E-state index in [0.717, 1.165) is 22.5 Å². The minimum atomic E-state index is -0.285. The number of benzene rings is 2. The normalized spacial score (nSPS) is 10.2. The molecule has 3 aromatic rings. The molecule has 0 saturated carbocycles. The number of nitrogens with one attached hydrogen (secondary N) is 2. The van der Waals surface area contributed by atoms with Crippen molar-refractivity contribution in [2.45, 2.75) is 13.8 Å². The highest BCUT2D eigenvalue weighted by Crippen LogP contribution is 2.22. The van der Waals surface area contributed by atoms with E-state index in [9.17, 15) is 4.79 Å². The van der Waals surface area contributed by atoms with Crippen LogP contribution in [0.3, 0.4) is 0 Å². The standard InChI is InChI=1S/C19H18N4O/c1-13-7-6-8-14(2)18(13)21-17-12-11-16(22-23-17)19(24)20-15-9-4-3-5-10-15/h3-12H,1-2H3,(H,20,24)(H,21,23). The molecule has 0 radical (unpaired) electrons. The number of rotatable bonds is 4. The van der Waals surface area contributed by atoms with Gasteiger partial charge in [0.2, 0.25) is 0 Å². The fourth-order valence-electron chi connectivity index (χ4n) is 2.38. The van der Waals surface area contributed by atoms with Crippen molar-refractivity contribution in [3.63, 3.8) is 0 Å². The molecule has 0 spiro atoms. The number of aromatic nitrogens is 2. The molecule has 3 rings (SSSR count). The summed E-state index contributed by atoms with van der Waals surface area (Å²) < 4.78 is 0. The van der Waals surface area contributed by atoms with Gasteiger partial charge in [-0.05, 0) is 49.2 Å². The lowest BCUT2D eigenvalue weighted by atomic mass is 10.1. The van der Waals surface area contributed by atoms with Gasteiger partial charge in [0.25, 0.3) is 5.91 Å². The highest BCUT2D eigenvalue weighted by atomic mass is 16.1. The second-order valence-electron chi connectivity index (χ2n) is 5.52. The summed E-state index contributed by atoms with van der Waals surface area (Å²) >= 11 is 0. The van der Waals surface area contributed by atoms with E-state index in [1.807, 2.05) is 62.4 Å². The van der Waals surface area contributed by atoms with Crippen LogP contribution in [0.5, 0.6) is 0 Å². The van der Waals surface area contributed by atoms with Gasteiger partial charge in [-0.2, -0.15) is 0 Å². The quantitative estimate of drug-likeness (QED) is 0.760. The van der Waals surface area contributed by atoms with E-state index in [4.69, 9.17) is 0 Å². The number of aryl methyl sites for hydroxylation is 2. The molecule has 1 amide bonds. The number of anilines is 3. The van der Waals surface area contributed by atoms with Gasteiger partial charge in [-0.15, -0.1) is 10.2 Å². The summed E-state index contributed by atoms with van der Waals surface area (Å²) in [6.45, 7) is 4.06. The van der Waals surface area contributed by atoms with Crippen molar-refractivity contribution in [1.29, 1.82) is 0 Å². The van der Waals surface area contributed by atoms with E-state index < -0.39 is 0 Å². The molecule has 1 aromatic heterocycles. The van der Waals surface area contributed by atoms with Crippen LogP contribution in [-0.2, 0) is 0 Å². The van der Waals surface area contributed by atoms with Crippen molar-refractivity contribution in [3.8, 4) is 0 Å². The van der Waals surface area contributed by atoms with Gasteiger partial charge in [0, 0.05) is 11.4 Å². The Hall–Kier alpha value is -3.21. The maximum absolute atomic E-state index is 12.2. The molecule has 0 saturated heterocycles. The Morgan fingerprint density at radius 2 is 1.54 bits per heavy atom. The van der Waals surface area contributed by atoms with Crippen LogP contribution in [-0.4, -0.2) is 16.1 Å². The van der Waals surface area contributed by atoms with Crippen LogP contribution in [0.25, 0.3) is 0 Å². The topological polar surface area (TPSA) is 66.9 Å². The maximum atomic E-state index is 12.2. The lowest BCUT2D eigenvalue weighted by Crippen LogP contribution is -2.14. The summed E-state index contributed by atoms with van der Waals surface area (Å²) in [6, 6.07) is 18.7. The lowest BCUT2D eigenvalue weighted by molar-refractivity contribution is 0.102. The Morgan fingerprint density at radius 1 is 0.833 bits per heavy atom. The molecule has 0 aliphatic carbocycles. The van der Waals surface area contributed by atoms with Crippen molar-refractivity contribution in [3.05, 3.63) is 77.5 Å². The second-order valence-corrected chi connectivity index (χ2v) is 5.52. The fourth-order valence-corrected chi connectivity index (χ4v) is 2.38. The van der Waals surface area contributed by atoms with Crippen molar-refractivity contribution >= 4 is 23.1 Å². The number of carbonyl (C=O) groups is 1. The maximum Gasteiger partial charge on any atom is 0.276 e. The van der Waals surface area contributed by atoms with Gasteiger partial charge >= 0.3 is 0 Å². The Bertz CT molecular complexity index is 825. The first-order valence-electron chi connectivity index (χ1n) is 7.67. The monoisotopic (exact) mass is 318 g/mol. The molecule has 5 nitrogen and oxygen atoms in total. The van der Waals surface area contributed by atoms with Gasteiger partial charge in [0.05, 0.1) is 0 Å². The zero-order valence-electron chi connectivity index (χ0n) is 13.6. The van der Waals surface area contributed by atoms with Gasteiger partial charge in [0.15, 0.2) is 11.5 Å². The van der Waals surface area contributed by atoms with Gasteiger partial charge in [-0.25, -0.2) is 0 Å². The van der Waals surface area contributed by atoms with Crippen molar-refractivity contribution < 1.29 is 4.79 Å². The molecular formula is C19H18N4O. The zero-order valence-corrected chi connectivity index (χ0v) is 13.6. The van der Waals surface area contributed by atoms with E-state index >= 15 is 0 Å². The predicted molar refractivity (Wildman–Crippen MR) is 95.6 cm³/mol. The third-order valence-electron chi connectivity index (χ3n) is 3.66. The summed E-state index contributed by atoms with van der Waals surface area (Å²) in [5, 5.41) is 14.1. The van der Waals surface area contributed by atoms with Crippen LogP contribution < -0.4 is 10.6 Å². The molecule has 1 heterocycles. The number of amides is 1. The molecule has 5 heteroatoms. The molecule has 2 N–H and O–H groups in total. The molecule has 0 bridgehead atoms. The Morgan fingerprint density at radius 3 is 2.17 bits per heavy atom. The fraction of sp³-hybridized carbons (Fsp3) is 0.105. The van der Waals surface area contributed by atoms with Crippen LogP contribution in [0.15, 0.2) is 60.7 Å². The summed E-state index contributed by atoms with van der Waals surface area (Å²) in [6.07, 6.45) is 0. The molecule has 0 aliphatic rings. The van der Waals surface area contributed by atoms with Gasteiger partial charge in [0.1, 0.15) is 0 Å². The summed E-state index contributed by atoms with van der Waals surface area (Å²) in [4.78, 5) is 12.2. The average molecular weight is 318 g/mol. The third kappa shape index (κ3) is 3.57. The number of nitrogens with zero attached hydrogens (tertiary/aromatic N) is 2. The number of para-hydroxylation sites is 2. The van der Waals surface area contributed by atoms with Crippen molar-refractivity contribution in [2.75, 3.05) is 10.6 Å². The zero-order chi connectivity index (χ0) is 16.9. The number of hydrogen-bond donors (Lipinski definition) is 2. The Balaban J connectivity index is 1.72. The SMILES string of the molecule is Cc1cccc(C)c1Nc1ccc(C(=O)Nc2ccccc2)nn1. The van der Waals surface area contributed by atoms with E-state index in [1.165, 1.54) is 0 Å². The van der Waals surface area contributed by atoms with E-state index in [2.05, 4.69) is 20.8 Å². The van der Waals surface area contributed by atoms with E-state index in [0.29, 0.717) is 5.82 Å². The largest absolute Gasteiger partial charge is 0.338 e. The van der Waals surface area contributed by atoms with Crippen LogP contribution in [0.2, 0.25) is 0 Å². The first-order chi connectivity index (χ1) is 11.6. The molecular weight excluding hydrogens is 300 g/mol. The van der Waals surface area contributed by atoms with Crippen molar-refractivity contribution in [2.24, 2.45) is 0 Å². The van der Waals surface area contributed by atoms with Crippen LogP contribution in [0.1, 0.15) is 21.6 Å². The third-order valence-corrected chi connectivity index (χ3v) is 3.66. The molecule has 0 aliphatic heterocycles. The molecule has 0 atom stereocenters. The van der Waals surface area contributed by atoms with Gasteiger partial charge in [-0.3, -0.25) is 4.79 Å². The molecule has 0 fully saturated rings. The summed E-state index contributed by atoms with van der Waals surface area (Å²) in [7, 11) is 0. The molecule has 120 valence electrons. The summed E-state index contributed by atoms with van der Waals surface area (Å²) in [5.74, 6) is 0.316. The summed E-state index contributed by atoms with van der Waals surface area (Å²) in [5.41, 5.74) is 4.26. The van der Waals surface area contributed by atoms with Crippen LogP contribution >= 0.6 is 0 Å².